The van der Waals surface area contributed by atoms with Crippen LogP contribution in [0.25, 0.3) is 10.8 Å². The minimum absolute atomic E-state index is 0.387. The van der Waals surface area contributed by atoms with Crippen molar-refractivity contribution in [3.8, 4) is 0 Å². The van der Waals surface area contributed by atoms with E-state index in [0.29, 0.717) is 18.5 Å². The molecule has 4 rings (SSSR count). The topological polar surface area (TPSA) is 105 Å². The van der Waals surface area contributed by atoms with E-state index in [2.05, 4.69) is 10.6 Å². The second kappa shape index (κ2) is 9.97. The standard InChI is InChI=1S/C27H27N3O5/c1-18(24(32)28-22-13-12-20-10-6-7-11-21(20)16-22)35-23(31)17-30-25(33)27(2,29-26(30)34)15-14-19-8-4-3-5-9-19/h3-13,16,18H,14-15,17H2,1-2H3,(H,28,32)(H,29,34)/t18-,27-/m0/s1. The smallest absolute Gasteiger partial charge is 0.327 e. The first-order valence-corrected chi connectivity index (χ1v) is 11.4. The highest BCUT2D eigenvalue weighted by atomic mass is 16.5. The summed E-state index contributed by atoms with van der Waals surface area (Å²) in [6, 6.07) is 22.2. The Kier molecular flexibility index (Phi) is 6.82. The molecule has 0 spiro atoms. The van der Waals surface area contributed by atoms with E-state index in [0.717, 1.165) is 21.2 Å². The molecule has 0 unspecified atom stereocenters. The SMILES string of the molecule is C[C@H](OC(=O)CN1C(=O)N[C@@](C)(CCc2ccccc2)C1=O)C(=O)Nc1ccc2ccccc2c1. The Hall–Kier alpha value is -4.20. The van der Waals surface area contributed by atoms with E-state index in [4.69, 9.17) is 4.74 Å². The summed E-state index contributed by atoms with van der Waals surface area (Å²) in [6.45, 7) is 2.50. The van der Waals surface area contributed by atoms with Crippen molar-refractivity contribution in [3.05, 3.63) is 78.4 Å². The van der Waals surface area contributed by atoms with Gasteiger partial charge in [0, 0.05) is 5.69 Å². The Balaban J connectivity index is 1.31. The van der Waals surface area contributed by atoms with Crippen LogP contribution in [-0.4, -0.2) is 46.9 Å². The van der Waals surface area contributed by atoms with Gasteiger partial charge in [0.15, 0.2) is 6.10 Å². The van der Waals surface area contributed by atoms with Crippen molar-refractivity contribution in [1.29, 1.82) is 0 Å². The quantitative estimate of drug-likeness (QED) is 0.384. The lowest BCUT2D eigenvalue weighted by Gasteiger charge is -2.21. The van der Waals surface area contributed by atoms with E-state index in [-0.39, 0.29) is 0 Å². The van der Waals surface area contributed by atoms with Gasteiger partial charge in [0.2, 0.25) is 0 Å². The zero-order valence-electron chi connectivity index (χ0n) is 19.6. The number of anilines is 1. The van der Waals surface area contributed by atoms with Crippen molar-refractivity contribution < 1.29 is 23.9 Å². The van der Waals surface area contributed by atoms with Gasteiger partial charge in [0.1, 0.15) is 12.1 Å². The third-order valence-corrected chi connectivity index (χ3v) is 6.08. The van der Waals surface area contributed by atoms with Crippen molar-refractivity contribution in [2.45, 2.75) is 38.3 Å². The molecule has 35 heavy (non-hydrogen) atoms. The molecule has 1 aliphatic heterocycles. The Labute approximate surface area is 203 Å². The number of nitrogens with one attached hydrogen (secondary N) is 2. The summed E-state index contributed by atoms with van der Waals surface area (Å²) >= 11 is 0. The van der Waals surface area contributed by atoms with Crippen LogP contribution < -0.4 is 10.6 Å². The van der Waals surface area contributed by atoms with Gasteiger partial charge in [-0.05, 0) is 55.2 Å². The lowest BCUT2D eigenvalue weighted by Crippen LogP contribution is -2.45. The fraction of sp³-hybridized carbons (Fsp3) is 0.259. The molecular weight excluding hydrogens is 446 g/mol. The van der Waals surface area contributed by atoms with Crippen LogP contribution in [0.1, 0.15) is 25.8 Å². The molecule has 2 atom stereocenters. The highest BCUT2D eigenvalue weighted by Gasteiger charge is 2.48. The normalized spacial score (nSPS) is 18.3. The maximum Gasteiger partial charge on any atom is 0.327 e. The largest absolute Gasteiger partial charge is 0.451 e. The van der Waals surface area contributed by atoms with Gasteiger partial charge < -0.3 is 15.4 Å². The van der Waals surface area contributed by atoms with Gasteiger partial charge in [0.05, 0.1) is 0 Å². The summed E-state index contributed by atoms with van der Waals surface area (Å²) in [5.74, 6) is -1.86. The fourth-order valence-electron chi connectivity index (χ4n) is 4.03. The molecule has 180 valence electrons. The number of imide groups is 1. The molecule has 4 amide bonds. The first kappa shape index (κ1) is 23.9. The van der Waals surface area contributed by atoms with Crippen LogP contribution in [0.15, 0.2) is 72.8 Å². The number of hydrogen-bond acceptors (Lipinski definition) is 5. The Morgan fingerprint density at radius 1 is 1.00 bits per heavy atom. The molecule has 1 heterocycles. The van der Waals surface area contributed by atoms with Crippen molar-refractivity contribution >= 4 is 40.3 Å². The third kappa shape index (κ3) is 5.48. The summed E-state index contributed by atoms with van der Waals surface area (Å²) in [4.78, 5) is 51.1. The number of urea groups is 1. The van der Waals surface area contributed by atoms with E-state index in [1.807, 2.05) is 66.7 Å². The summed E-state index contributed by atoms with van der Waals surface area (Å²) in [5.41, 5.74) is 0.492. The number of benzene rings is 3. The van der Waals surface area contributed by atoms with Gasteiger partial charge in [-0.1, -0.05) is 60.7 Å². The summed E-state index contributed by atoms with van der Waals surface area (Å²) in [7, 11) is 0. The first-order valence-electron chi connectivity index (χ1n) is 11.4. The van der Waals surface area contributed by atoms with E-state index >= 15 is 0 Å². The zero-order chi connectivity index (χ0) is 25.0. The minimum Gasteiger partial charge on any atom is -0.451 e. The van der Waals surface area contributed by atoms with Crippen molar-refractivity contribution in [2.24, 2.45) is 0 Å². The predicted octanol–water partition coefficient (Wildman–Crippen LogP) is 3.65. The summed E-state index contributed by atoms with van der Waals surface area (Å²) in [5, 5.41) is 7.40. The molecule has 8 nitrogen and oxygen atoms in total. The summed E-state index contributed by atoms with van der Waals surface area (Å²) in [6.07, 6.45) is -0.134. The maximum absolute atomic E-state index is 12.9. The van der Waals surface area contributed by atoms with Crippen LogP contribution >= 0.6 is 0 Å². The van der Waals surface area contributed by atoms with Crippen LogP contribution in [0.5, 0.6) is 0 Å². The number of nitrogens with zero attached hydrogens (tertiary/aromatic N) is 1. The lowest BCUT2D eigenvalue weighted by atomic mass is 9.93. The van der Waals surface area contributed by atoms with E-state index in [1.165, 1.54) is 6.92 Å². The molecular formula is C27H27N3O5. The Bertz CT molecular complexity index is 1280. The van der Waals surface area contributed by atoms with Gasteiger partial charge in [0.25, 0.3) is 11.8 Å². The number of esters is 1. The number of rotatable bonds is 8. The van der Waals surface area contributed by atoms with E-state index in [9.17, 15) is 19.2 Å². The molecule has 1 saturated heterocycles. The number of fused-ring (bicyclic) bond motifs is 1. The van der Waals surface area contributed by atoms with Gasteiger partial charge in [-0.25, -0.2) is 4.79 Å². The molecule has 0 saturated carbocycles. The number of aryl methyl sites for hydroxylation is 1. The number of ether oxygens (including phenoxy) is 1. The minimum atomic E-state index is -1.12. The molecule has 2 N–H and O–H groups in total. The number of carbonyl (C=O) groups excluding carboxylic acids is 4. The molecule has 8 heteroatoms. The third-order valence-electron chi connectivity index (χ3n) is 6.08. The molecule has 3 aromatic rings. The van der Waals surface area contributed by atoms with Crippen LogP contribution in [-0.2, 0) is 25.5 Å². The average Bonchev–Trinajstić information content (AvgIpc) is 3.06. The van der Waals surface area contributed by atoms with E-state index < -0.39 is 42.0 Å². The second-order valence-corrected chi connectivity index (χ2v) is 8.82. The van der Waals surface area contributed by atoms with Crippen LogP contribution in [0.3, 0.4) is 0 Å². The van der Waals surface area contributed by atoms with Crippen LogP contribution in [0, 0.1) is 0 Å². The van der Waals surface area contributed by atoms with Gasteiger partial charge in [-0.2, -0.15) is 0 Å². The van der Waals surface area contributed by atoms with Crippen molar-refractivity contribution in [2.75, 3.05) is 11.9 Å². The number of hydrogen-bond donors (Lipinski definition) is 2. The van der Waals surface area contributed by atoms with Gasteiger partial charge >= 0.3 is 12.0 Å². The van der Waals surface area contributed by atoms with Gasteiger partial charge in [-0.3, -0.25) is 19.3 Å². The molecule has 0 radical (unpaired) electrons. The lowest BCUT2D eigenvalue weighted by molar-refractivity contribution is -0.155. The molecule has 0 aromatic heterocycles. The Morgan fingerprint density at radius 2 is 1.69 bits per heavy atom. The number of carbonyl (C=O) groups is 4. The van der Waals surface area contributed by atoms with E-state index in [1.54, 1.807) is 13.0 Å². The van der Waals surface area contributed by atoms with Crippen LogP contribution in [0.4, 0.5) is 10.5 Å². The molecule has 0 aliphatic carbocycles. The van der Waals surface area contributed by atoms with Crippen molar-refractivity contribution in [3.63, 3.8) is 0 Å². The summed E-state index contributed by atoms with van der Waals surface area (Å²) < 4.78 is 5.20. The predicted molar refractivity (Wildman–Crippen MR) is 132 cm³/mol. The zero-order valence-corrected chi connectivity index (χ0v) is 19.6. The van der Waals surface area contributed by atoms with Crippen molar-refractivity contribution in [1.82, 2.24) is 10.2 Å². The molecule has 1 fully saturated rings. The highest BCUT2D eigenvalue weighted by Crippen LogP contribution is 2.23. The molecule has 3 aromatic carbocycles. The Morgan fingerprint density at radius 3 is 2.43 bits per heavy atom. The first-order chi connectivity index (χ1) is 16.7. The molecule has 0 bridgehead atoms. The number of amides is 4. The average molecular weight is 474 g/mol. The monoisotopic (exact) mass is 473 g/mol. The second-order valence-electron chi connectivity index (χ2n) is 8.82. The fourth-order valence-corrected chi connectivity index (χ4v) is 4.03. The van der Waals surface area contributed by atoms with Crippen LogP contribution in [0.2, 0.25) is 0 Å². The maximum atomic E-state index is 12.9. The van der Waals surface area contributed by atoms with Gasteiger partial charge in [-0.15, -0.1) is 0 Å². The highest BCUT2D eigenvalue weighted by molar-refractivity contribution is 6.08. The molecule has 1 aliphatic rings.